The van der Waals surface area contributed by atoms with Crippen LogP contribution in [0.15, 0.2) is 59.9 Å². The van der Waals surface area contributed by atoms with Crippen LogP contribution >= 0.6 is 23.2 Å². The minimum atomic E-state index is -4.00. The summed E-state index contributed by atoms with van der Waals surface area (Å²) in [4.78, 5) is 10.9. The molecule has 39 heavy (non-hydrogen) atoms. The van der Waals surface area contributed by atoms with E-state index in [1.165, 1.54) is 18.5 Å². The van der Waals surface area contributed by atoms with Gasteiger partial charge in [0.15, 0.2) is 11.5 Å². The van der Waals surface area contributed by atoms with Crippen LogP contribution in [0.1, 0.15) is 24.0 Å². The van der Waals surface area contributed by atoms with Gasteiger partial charge in [-0.15, -0.1) is 0 Å². The Balaban J connectivity index is 1.35. The highest BCUT2D eigenvalue weighted by Gasteiger charge is 2.24. The standard InChI is InChI=1S/C27H29Cl2N5O4S/c1-18-21(28)4-3-5-24(18)39(35,36)32-26-27(31-25-15-30-10-13-34(25)26)38-17-20-6-7-22(29)23(14-20)37-16-19-8-11-33(2)12-9-19/h3-7,10,13-15,19,32H,8-9,11-12,16-17H2,1-2H3. The van der Waals surface area contributed by atoms with Crippen molar-refractivity contribution in [2.45, 2.75) is 31.3 Å². The zero-order valence-corrected chi connectivity index (χ0v) is 23.9. The van der Waals surface area contributed by atoms with Crippen LogP contribution in [0.5, 0.6) is 11.6 Å². The number of aromatic nitrogens is 3. The lowest BCUT2D eigenvalue weighted by Crippen LogP contribution is -2.32. The van der Waals surface area contributed by atoms with Crippen molar-refractivity contribution in [3.8, 4) is 11.6 Å². The third-order valence-electron chi connectivity index (χ3n) is 6.82. The van der Waals surface area contributed by atoms with Gasteiger partial charge in [-0.3, -0.25) is 14.1 Å². The molecule has 0 aliphatic carbocycles. The highest BCUT2D eigenvalue weighted by molar-refractivity contribution is 7.92. The number of nitrogens with one attached hydrogen (secondary N) is 1. The fourth-order valence-electron chi connectivity index (χ4n) is 4.48. The maximum Gasteiger partial charge on any atom is 0.263 e. The number of imidazole rings is 1. The summed E-state index contributed by atoms with van der Waals surface area (Å²) < 4.78 is 43.0. The first-order valence-corrected chi connectivity index (χ1v) is 14.8. The van der Waals surface area contributed by atoms with Gasteiger partial charge in [-0.05, 0) is 81.2 Å². The summed E-state index contributed by atoms with van der Waals surface area (Å²) in [6.07, 6.45) is 6.84. The van der Waals surface area contributed by atoms with E-state index in [2.05, 4.69) is 26.6 Å². The Morgan fingerprint density at radius 1 is 1.10 bits per heavy atom. The molecule has 1 aliphatic heterocycles. The minimum Gasteiger partial charge on any atom is -0.492 e. The first-order valence-electron chi connectivity index (χ1n) is 12.5. The van der Waals surface area contributed by atoms with Crippen LogP contribution in [0.3, 0.4) is 0 Å². The molecule has 1 N–H and O–H groups in total. The molecule has 0 saturated carbocycles. The van der Waals surface area contributed by atoms with Gasteiger partial charge >= 0.3 is 0 Å². The number of benzene rings is 2. The number of hydrogen-bond donors (Lipinski definition) is 1. The van der Waals surface area contributed by atoms with Crippen molar-refractivity contribution in [3.05, 3.63) is 76.2 Å². The number of rotatable bonds is 9. The molecule has 3 heterocycles. The van der Waals surface area contributed by atoms with Crippen molar-refractivity contribution in [3.63, 3.8) is 0 Å². The van der Waals surface area contributed by atoms with E-state index < -0.39 is 10.0 Å². The van der Waals surface area contributed by atoms with Crippen LogP contribution in [-0.2, 0) is 16.6 Å². The molecule has 2 aromatic heterocycles. The van der Waals surface area contributed by atoms with Gasteiger partial charge in [0.1, 0.15) is 12.4 Å². The fourth-order valence-corrected chi connectivity index (χ4v) is 6.20. The minimum absolute atomic E-state index is 0.0639. The van der Waals surface area contributed by atoms with Crippen LogP contribution in [-0.4, -0.2) is 54.4 Å². The summed E-state index contributed by atoms with van der Waals surface area (Å²) in [5, 5.41) is 0.879. The summed E-state index contributed by atoms with van der Waals surface area (Å²) in [6, 6.07) is 10.2. The highest BCUT2D eigenvalue weighted by Crippen LogP contribution is 2.32. The fraction of sp³-hybridized carbons (Fsp3) is 0.333. The molecule has 0 radical (unpaired) electrons. The molecule has 0 amide bonds. The maximum atomic E-state index is 13.3. The second-order valence-corrected chi connectivity index (χ2v) is 12.1. The smallest absolute Gasteiger partial charge is 0.263 e. The number of nitrogens with zero attached hydrogens (tertiary/aromatic N) is 4. The van der Waals surface area contributed by atoms with E-state index in [9.17, 15) is 8.42 Å². The largest absolute Gasteiger partial charge is 0.492 e. The predicted molar refractivity (Wildman–Crippen MR) is 151 cm³/mol. The van der Waals surface area contributed by atoms with Gasteiger partial charge in [-0.25, -0.2) is 8.42 Å². The van der Waals surface area contributed by atoms with Crippen molar-refractivity contribution in [2.75, 3.05) is 31.5 Å². The first-order chi connectivity index (χ1) is 18.7. The van der Waals surface area contributed by atoms with Crippen molar-refractivity contribution >= 4 is 44.7 Å². The SMILES string of the molecule is Cc1c(Cl)cccc1S(=O)(=O)Nc1c(OCc2ccc(Cl)c(OCC3CCN(C)CC3)c2)nc2cnccn12. The molecule has 206 valence electrons. The van der Waals surface area contributed by atoms with E-state index in [0.717, 1.165) is 31.5 Å². The van der Waals surface area contributed by atoms with Gasteiger partial charge in [-0.2, -0.15) is 4.98 Å². The molecule has 1 aliphatic rings. The number of ether oxygens (including phenoxy) is 2. The third-order valence-corrected chi connectivity index (χ3v) is 9.03. The van der Waals surface area contributed by atoms with Gasteiger partial charge in [0, 0.05) is 17.4 Å². The molecule has 5 rings (SSSR count). The average molecular weight is 591 g/mol. The average Bonchev–Trinajstić information content (AvgIpc) is 3.26. The summed E-state index contributed by atoms with van der Waals surface area (Å²) >= 11 is 12.6. The van der Waals surface area contributed by atoms with E-state index in [1.807, 2.05) is 12.1 Å². The second-order valence-electron chi connectivity index (χ2n) is 9.65. The molecule has 0 atom stereocenters. The summed E-state index contributed by atoms with van der Waals surface area (Å²) in [7, 11) is -1.87. The van der Waals surface area contributed by atoms with E-state index in [4.69, 9.17) is 32.7 Å². The Morgan fingerprint density at radius 2 is 1.90 bits per heavy atom. The zero-order valence-electron chi connectivity index (χ0n) is 21.6. The number of anilines is 1. The van der Waals surface area contributed by atoms with E-state index in [1.54, 1.807) is 35.7 Å². The molecular weight excluding hydrogens is 561 g/mol. The molecule has 2 aromatic carbocycles. The highest BCUT2D eigenvalue weighted by atomic mass is 35.5. The summed E-state index contributed by atoms with van der Waals surface area (Å²) in [5.41, 5.74) is 1.66. The number of fused-ring (bicyclic) bond motifs is 1. The van der Waals surface area contributed by atoms with Gasteiger partial charge in [0.2, 0.25) is 0 Å². The predicted octanol–water partition coefficient (Wildman–Crippen LogP) is 5.44. The Labute approximate surface area is 237 Å². The van der Waals surface area contributed by atoms with Crippen LogP contribution in [0.4, 0.5) is 5.82 Å². The van der Waals surface area contributed by atoms with Gasteiger partial charge in [-0.1, -0.05) is 35.3 Å². The molecule has 12 heteroatoms. The van der Waals surface area contributed by atoms with E-state index >= 15 is 0 Å². The maximum absolute atomic E-state index is 13.3. The van der Waals surface area contributed by atoms with Crippen LogP contribution in [0, 0.1) is 12.8 Å². The number of hydrogen-bond acceptors (Lipinski definition) is 7. The van der Waals surface area contributed by atoms with Gasteiger partial charge in [0.25, 0.3) is 15.9 Å². The number of halogens is 2. The molecule has 4 aromatic rings. The van der Waals surface area contributed by atoms with Gasteiger partial charge in [0.05, 0.1) is 22.7 Å². The molecule has 0 bridgehead atoms. The van der Waals surface area contributed by atoms with Crippen molar-refractivity contribution in [2.24, 2.45) is 5.92 Å². The molecule has 9 nitrogen and oxygen atoms in total. The summed E-state index contributed by atoms with van der Waals surface area (Å²) in [6.45, 7) is 4.50. The number of sulfonamides is 1. The molecular formula is C27H29Cl2N5O4S. The molecule has 0 spiro atoms. The lowest BCUT2D eigenvalue weighted by atomic mass is 9.98. The Morgan fingerprint density at radius 3 is 2.69 bits per heavy atom. The van der Waals surface area contributed by atoms with Crippen LogP contribution in [0.2, 0.25) is 10.0 Å². The Kier molecular flexibility index (Phi) is 8.18. The lowest BCUT2D eigenvalue weighted by Gasteiger charge is -2.28. The quantitative estimate of drug-likeness (QED) is 0.277. The normalized spacial score (nSPS) is 15.0. The number of piperidine rings is 1. The monoisotopic (exact) mass is 589 g/mol. The summed E-state index contributed by atoms with van der Waals surface area (Å²) in [5.74, 6) is 1.34. The van der Waals surface area contributed by atoms with Crippen LogP contribution < -0.4 is 14.2 Å². The van der Waals surface area contributed by atoms with Crippen molar-refractivity contribution < 1.29 is 17.9 Å². The second kappa shape index (κ2) is 11.6. The van der Waals surface area contributed by atoms with Gasteiger partial charge < -0.3 is 14.4 Å². The lowest BCUT2D eigenvalue weighted by molar-refractivity contribution is 0.160. The van der Waals surface area contributed by atoms with Crippen molar-refractivity contribution in [1.29, 1.82) is 0 Å². The first kappa shape index (κ1) is 27.5. The van der Waals surface area contributed by atoms with Crippen LogP contribution in [0.25, 0.3) is 5.65 Å². The third kappa shape index (κ3) is 6.24. The Bertz CT molecular complexity index is 1590. The zero-order chi connectivity index (χ0) is 27.6. The van der Waals surface area contributed by atoms with E-state index in [0.29, 0.717) is 39.5 Å². The molecule has 0 unspecified atom stereocenters. The Hall–Kier alpha value is -3.05. The molecule has 1 fully saturated rings. The van der Waals surface area contributed by atoms with E-state index in [-0.39, 0.29) is 23.2 Å². The van der Waals surface area contributed by atoms with Crippen molar-refractivity contribution in [1.82, 2.24) is 19.3 Å². The topological polar surface area (TPSA) is 98.1 Å². The molecule has 1 saturated heterocycles. The number of likely N-dealkylation sites (tertiary alicyclic amines) is 1.